The normalized spacial score (nSPS) is 10.9. The Labute approximate surface area is 88.7 Å². The third-order valence-corrected chi connectivity index (χ3v) is 1.03. The first-order valence-electron chi connectivity index (χ1n) is 3.86. The monoisotopic (exact) mass is 236 g/mol. The van der Waals surface area contributed by atoms with Gasteiger partial charge < -0.3 is 5.11 Å². The van der Waals surface area contributed by atoms with Crippen molar-refractivity contribution < 1.29 is 43.8 Å². The lowest BCUT2D eigenvalue weighted by molar-refractivity contribution is -0.268. The summed E-state index contributed by atoms with van der Waals surface area (Å²) >= 11 is 0. The summed E-state index contributed by atoms with van der Waals surface area (Å²) < 4.78 is 0. The van der Waals surface area contributed by atoms with E-state index in [4.69, 9.17) is 5.11 Å². The van der Waals surface area contributed by atoms with E-state index in [1.54, 1.807) is 0 Å². The number of aliphatic hydroxyl groups is 1. The van der Waals surface area contributed by atoms with Crippen molar-refractivity contribution in [1.29, 1.82) is 0 Å². The highest BCUT2D eigenvalue weighted by Crippen LogP contribution is 1.94. The second-order valence-corrected chi connectivity index (χ2v) is 2.36. The van der Waals surface area contributed by atoms with Crippen LogP contribution in [0.2, 0.25) is 0 Å². The van der Waals surface area contributed by atoms with Crippen molar-refractivity contribution in [3.05, 3.63) is 0 Å². The van der Waals surface area contributed by atoms with Gasteiger partial charge in [0.05, 0.1) is 0 Å². The van der Waals surface area contributed by atoms with Crippen LogP contribution >= 0.6 is 0 Å². The largest absolute Gasteiger partial charge is 0.383 e. The first kappa shape index (κ1) is 13.8. The van der Waals surface area contributed by atoms with Crippen LogP contribution in [0.15, 0.2) is 0 Å². The molecular weight excluding hydrogens is 228 g/mol. The van der Waals surface area contributed by atoms with Crippen LogP contribution in [0.5, 0.6) is 0 Å². The van der Waals surface area contributed by atoms with Crippen LogP contribution in [-0.2, 0) is 38.7 Å². The fraction of sp³-hybridized carbons (Fsp3) is 0.429. The molecule has 16 heavy (non-hydrogen) atoms. The lowest BCUT2D eigenvalue weighted by atomic mass is 10.4. The molecule has 0 aliphatic heterocycles. The van der Waals surface area contributed by atoms with E-state index in [0.29, 0.717) is 0 Å². The van der Waals surface area contributed by atoms with Gasteiger partial charge in [0.2, 0.25) is 0 Å². The van der Waals surface area contributed by atoms with Gasteiger partial charge in [-0.3, -0.25) is 9.68 Å². The van der Waals surface area contributed by atoms with Gasteiger partial charge in [0.1, 0.15) is 0 Å². The van der Waals surface area contributed by atoms with Gasteiger partial charge in [0, 0.05) is 0 Å². The van der Waals surface area contributed by atoms with Crippen LogP contribution in [0.3, 0.4) is 0 Å². The maximum absolute atomic E-state index is 10.7. The second-order valence-electron chi connectivity index (χ2n) is 2.36. The molecule has 90 valence electrons. The fourth-order valence-electron chi connectivity index (χ4n) is 0.407. The molecule has 9 nitrogen and oxygen atoms in total. The highest BCUT2D eigenvalue weighted by molar-refractivity contribution is 5.91. The molecule has 0 bridgehead atoms. The van der Waals surface area contributed by atoms with E-state index in [0.717, 1.165) is 6.92 Å². The molecule has 0 saturated carbocycles. The van der Waals surface area contributed by atoms with Crippen molar-refractivity contribution in [3.63, 3.8) is 0 Å². The number of carbonyl (C=O) groups excluding carboxylic acids is 4. The third kappa shape index (κ3) is 6.32. The van der Waals surface area contributed by atoms with E-state index in [-0.39, 0.29) is 6.47 Å². The molecule has 0 radical (unpaired) electrons. The molecule has 0 fully saturated rings. The van der Waals surface area contributed by atoms with Gasteiger partial charge in [-0.05, 0) is 6.92 Å². The average Bonchev–Trinajstić information content (AvgIpc) is 2.22. The number of rotatable bonds is 5. The highest BCUT2D eigenvalue weighted by Gasteiger charge is 2.18. The molecule has 1 unspecified atom stereocenters. The standard InChI is InChI=1S/C7H8O9/c1-4(9)7(12)16-15-6(11)2-5(10)14-13-3-8/h3-4,9H,2H2,1H3. The molecule has 0 heterocycles. The summed E-state index contributed by atoms with van der Waals surface area (Å²) in [6.07, 6.45) is -2.40. The van der Waals surface area contributed by atoms with Crippen LogP contribution in [0.25, 0.3) is 0 Å². The van der Waals surface area contributed by atoms with Crippen molar-refractivity contribution in [2.45, 2.75) is 19.4 Å². The van der Waals surface area contributed by atoms with E-state index in [1.165, 1.54) is 0 Å². The molecule has 0 amide bonds. The molecule has 0 aliphatic carbocycles. The topological polar surface area (TPSA) is 125 Å². The van der Waals surface area contributed by atoms with Gasteiger partial charge in [-0.2, -0.15) is 0 Å². The van der Waals surface area contributed by atoms with E-state index < -0.39 is 30.4 Å². The number of carbonyl (C=O) groups is 4. The quantitative estimate of drug-likeness (QED) is 0.259. The summed E-state index contributed by atoms with van der Waals surface area (Å²) in [6.45, 7) is 0.916. The zero-order valence-electron chi connectivity index (χ0n) is 8.08. The first-order chi connectivity index (χ1) is 7.47. The molecule has 0 spiro atoms. The van der Waals surface area contributed by atoms with E-state index in [1.807, 2.05) is 0 Å². The predicted molar refractivity (Wildman–Crippen MR) is 41.7 cm³/mol. The fourth-order valence-corrected chi connectivity index (χ4v) is 0.407. The number of aliphatic hydroxyl groups excluding tert-OH is 1. The predicted octanol–water partition coefficient (Wildman–Crippen LogP) is -1.61. The van der Waals surface area contributed by atoms with Crippen LogP contribution in [-0.4, -0.2) is 35.6 Å². The maximum Gasteiger partial charge on any atom is 0.383 e. The number of hydrogen-bond donors (Lipinski definition) is 1. The van der Waals surface area contributed by atoms with Gasteiger partial charge >= 0.3 is 24.4 Å². The summed E-state index contributed by atoms with van der Waals surface area (Å²) in [4.78, 5) is 56.4. The summed E-state index contributed by atoms with van der Waals surface area (Å²) in [7, 11) is 0. The molecule has 1 atom stereocenters. The number of hydrogen-bond acceptors (Lipinski definition) is 9. The van der Waals surface area contributed by atoms with Crippen molar-refractivity contribution in [1.82, 2.24) is 0 Å². The lowest BCUT2D eigenvalue weighted by Gasteiger charge is -2.03. The minimum Gasteiger partial charge on any atom is -0.382 e. The average molecular weight is 236 g/mol. The van der Waals surface area contributed by atoms with Crippen molar-refractivity contribution in [2.24, 2.45) is 0 Å². The lowest BCUT2D eigenvalue weighted by Crippen LogP contribution is -2.22. The molecule has 0 aromatic heterocycles. The van der Waals surface area contributed by atoms with Crippen LogP contribution in [0.1, 0.15) is 13.3 Å². The molecule has 0 aromatic rings. The first-order valence-corrected chi connectivity index (χ1v) is 3.86. The molecule has 1 N–H and O–H groups in total. The zero-order chi connectivity index (χ0) is 12.6. The Morgan fingerprint density at radius 1 is 1.19 bits per heavy atom. The van der Waals surface area contributed by atoms with Gasteiger partial charge in [0.15, 0.2) is 12.5 Å². The van der Waals surface area contributed by atoms with Crippen molar-refractivity contribution in [3.8, 4) is 0 Å². The summed E-state index contributed by atoms with van der Waals surface area (Å²) in [6, 6.07) is 0. The Balaban J connectivity index is 3.78. The maximum atomic E-state index is 10.7. The van der Waals surface area contributed by atoms with Crippen LogP contribution < -0.4 is 0 Å². The minimum atomic E-state index is -1.47. The summed E-state index contributed by atoms with van der Waals surface area (Å²) in [5, 5.41) is 8.62. The van der Waals surface area contributed by atoms with Gasteiger partial charge in [-0.25, -0.2) is 29.0 Å². The van der Waals surface area contributed by atoms with E-state index in [2.05, 4.69) is 19.6 Å². The van der Waals surface area contributed by atoms with Gasteiger partial charge in [-0.1, -0.05) is 0 Å². The molecule has 0 aromatic carbocycles. The van der Waals surface area contributed by atoms with E-state index in [9.17, 15) is 19.2 Å². The van der Waals surface area contributed by atoms with Gasteiger partial charge in [-0.15, -0.1) is 0 Å². The highest BCUT2D eigenvalue weighted by atomic mass is 17.2. The summed E-state index contributed by atoms with van der Waals surface area (Å²) in [5.74, 6) is -3.68. The Morgan fingerprint density at radius 3 is 2.25 bits per heavy atom. The van der Waals surface area contributed by atoms with Crippen LogP contribution in [0.4, 0.5) is 0 Å². The Hall–Kier alpha value is -2.16. The van der Waals surface area contributed by atoms with Crippen molar-refractivity contribution >= 4 is 24.4 Å². The van der Waals surface area contributed by atoms with E-state index >= 15 is 0 Å². The van der Waals surface area contributed by atoms with Crippen LogP contribution in [0, 0.1) is 0 Å². The Bertz CT molecular complexity index is 282. The molecule has 0 aliphatic rings. The third-order valence-electron chi connectivity index (χ3n) is 1.03. The molecule has 9 heteroatoms. The molecule has 0 rings (SSSR count). The summed E-state index contributed by atoms with van der Waals surface area (Å²) in [5.41, 5.74) is 0. The second kappa shape index (κ2) is 7.17. The zero-order valence-corrected chi connectivity index (χ0v) is 8.08. The SMILES string of the molecule is CC(O)C(=O)OOC(=O)CC(=O)OOC=O. The van der Waals surface area contributed by atoms with Gasteiger partial charge in [0.25, 0.3) is 0 Å². The molecular formula is C7H8O9. The van der Waals surface area contributed by atoms with Crippen molar-refractivity contribution in [2.75, 3.05) is 0 Å². The molecule has 0 saturated heterocycles. The Morgan fingerprint density at radius 2 is 1.75 bits per heavy atom. The smallest absolute Gasteiger partial charge is 0.382 e. The Kier molecular flexibility index (Phi) is 6.21. The minimum absolute atomic E-state index is 0.170.